The van der Waals surface area contributed by atoms with Gasteiger partial charge in [-0.3, -0.25) is 0 Å². The number of benzene rings is 1. The Balaban J connectivity index is 2.27. The maximum atomic E-state index is 9.15. The fourth-order valence-electron chi connectivity index (χ4n) is 1.48. The summed E-state index contributed by atoms with van der Waals surface area (Å²) in [5, 5.41) is 21.3. The quantitative estimate of drug-likeness (QED) is 0.760. The minimum Gasteiger partial charge on any atom is -0.395 e. The number of aliphatic hydroxyl groups excluding tert-OH is 1. The molecule has 7 heteroatoms. The van der Waals surface area contributed by atoms with E-state index in [0.29, 0.717) is 11.7 Å². The molecule has 1 heterocycles. The summed E-state index contributed by atoms with van der Waals surface area (Å²) >= 11 is 1.37. The zero-order valence-electron chi connectivity index (χ0n) is 10.0. The molecule has 0 aliphatic heterocycles. The third kappa shape index (κ3) is 2.87. The summed E-state index contributed by atoms with van der Waals surface area (Å²) in [6.45, 7) is 2.39. The molecule has 18 heavy (non-hydrogen) atoms. The van der Waals surface area contributed by atoms with Crippen molar-refractivity contribution < 1.29 is 5.11 Å². The number of aliphatic hydroxyl groups is 1. The van der Waals surface area contributed by atoms with Crippen LogP contribution in [0.25, 0.3) is 5.69 Å². The molecule has 96 valence electrons. The van der Waals surface area contributed by atoms with Gasteiger partial charge < -0.3 is 10.8 Å². The van der Waals surface area contributed by atoms with E-state index in [2.05, 4.69) is 15.5 Å². The van der Waals surface area contributed by atoms with E-state index in [1.165, 1.54) is 11.8 Å². The van der Waals surface area contributed by atoms with Crippen LogP contribution in [0.5, 0.6) is 0 Å². The largest absolute Gasteiger partial charge is 0.395 e. The van der Waals surface area contributed by atoms with Crippen LogP contribution in [0.1, 0.15) is 5.56 Å². The second kappa shape index (κ2) is 5.94. The lowest BCUT2D eigenvalue weighted by molar-refractivity contribution is 0.296. The minimum absolute atomic E-state index is 0.00183. The van der Waals surface area contributed by atoms with Crippen molar-refractivity contribution in [2.75, 3.05) is 13.2 Å². The van der Waals surface area contributed by atoms with Crippen LogP contribution in [-0.4, -0.2) is 43.7 Å². The maximum absolute atomic E-state index is 9.15. The molecular weight excluding hydrogens is 250 g/mol. The van der Waals surface area contributed by atoms with Crippen molar-refractivity contribution in [2.45, 2.75) is 17.3 Å². The highest BCUT2D eigenvalue weighted by Crippen LogP contribution is 2.22. The van der Waals surface area contributed by atoms with Crippen molar-refractivity contribution in [2.24, 2.45) is 5.73 Å². The van der Waals surface area contributed by atoms with Crippen LogP contribution in [0.4, 0.5) is 0 Å². The molecule has 2 rings (SSSR count). The normalized spacial score (nSPS) is 12.6. The number of aromatic nitrogens is 4. The Hall–Kier alpha value is -1.44. The standard InChI is InChI=1S/C11H15N5OS/c1-8-3-2-4-9(5-8)16-11(13-14-15-16)18-10(6-12)7-17/h2-5,10,17H,6-7,12H2,1H3. The van der Waals surface area contributed by atoms with Crippen LogP contribution < -0.4 is 5.73 Å². The molecule has 6 nitrogen and oxygen atoms in total. The Labute approximate surface area is 109 Å². The molecule has 0 fully saturated rings. The molecule has 1 unspecified atom stereocenters. The molecule has 0 spiro atoms. The monoisotopic (exact) mass is 265 g/mol. The molecule has 1 aromatic carbocycles. The lowest BCUT2D eigenvalue weighted by Gasteiger charge is -2.10. The van der Waals surface area contributed by atoms with Crippen LogP contribution in [0.2, 0.25) is 0 Å². The third-order valence-electron chi connectivity index (χ3n) is 2.43. The molecule has 1 atom stereocenters. The van der Waals surface area contributed by atoms with Gasteiger partial charge in [-0.1, -0.05) is 23.9 Å². The van der Waals surface area contributed by atoms with E-state index in [1.807, 2.05) is 31.2 Å². The first-order valence-corrected chi connectivity index (χ1v) is 6.45. The topological polar surface area (TPSA) is 89.9 Å². The predicted molar refractivity (Wildman–Crippen MR) is 69.7 cm³/mol. The van der Waals surface area contributed by atoms with Gasteiger partial charge in [0.05, 0.1) is 12.3 Å². The Morgan fingerprint density at radius 3 is 3.00 bits per heavy atom. The Morgan fingerprint density at radius 1 is 1.50 bits per heavy atom. The number of aryl methyl sites for hydroxylation is 1. The highest BCUT2D eigenvalue weighted by atomic mass is 32.2. The summed E-state index contributed by atoms with van der Waals surface area (Å²) < 4.78 is 1.65. The van der Waals surface area contributed by atoms with Gasteiger partial charge in [-0.15, -0.1) is 5.10 Å². The average molecular weight is 265 g/mol. The van der Waals surface area contributed by atoms with Gasteiger partial charge in [0.25, 0.3) is 0 Å². The zero-order chi connectivity index (χ0) is 13.0. The van der Waals surface area contributed by atoms with Crippen molar-refractivity contribution in [3.05, 3.63) is 29.8 Å². The van der Waals surface area contributed by atoms with Gasteiger partial charge >= 0.3 is 0 Å². The lowest BCUT2D eigenvalue weighted by Crippen LogP contribution is -2.21. The van der Waals surface area contributed by atoms with E-state index in [-0.39, 0.29) is 11.9 Å². The van der Waals surface area contributed by atoms with Gasteiger partial charge in [0.2, 0.25) is 5.16 Å². The number of hydrogen-bond donors (Lipinski definition) is 2. The van der Waals surface area contributed by atoms with Gasteiger partial charge in [0.1, 0.15) is 0 Å². The first kappa shape index (κ1) is 13.0. The van der Waals surface area contributed by atoms with Crippen LogP contribution in [0.3, 0.4) is 0 Å². The Morgan fingerprint density at radius 2 is 2.33 bits per heavy atom. The molecule has 1 aromatic heterocycles. The first-order chi connectivity index (χ1) is 8.74. The molecule has 0 aliphatic carbocycles. The fourth-order valence-corrected chi connectivity index (χ4v) is 2.28. The van der Waals surface area contributed by atoms with Gasteiger partial charge in [-0.2, -0.15) is 4.68 Å². The molecule has 0 saturated heterocycles. The fraction of sp³-hybridized carbons (Fsp3) is 0.364. The van der Waals surface area contributed by atoms with Crippen LogP contribution in [0.15, 0.2) is 29.4 Å². The van der Waals surface area contributed by atoms with Crippen molar-refractivity contribution >= 4 is 11.8 Å². The molecule has 0 radical (unpaired) electrons. The number of thioether (sulfide) groups is 1. The highest BCUT2D eigenvalue weighted by Gasteiger charge is 2.14. The third-order valence-corrected chi connectivity index (χ3v) is 3.57. The van der Waals surface area contributed by atoms with Crippen molar-refractivity contribution in [1.82, 2.24) is 20.2 Å². The lowest BCUT2D eigenvalue weighted by atomic mass is 10.2. The number of tetrazole rings is 1. The summed E-state index contributed by atoms with van der Waals surface area (Å²) in [5.74, 6) is 0. The molecular formula is C11H15N5OS. The van der Waals surface area contributed by atoms with Crippen LogP contribution in [-0.2, 0) is 0 Å². The summed E-state index contributed by atoms with van der Waals surface area (Å²) in [6, 6.07) is 7.89. The van der Waals surface area contributed by atoms with Crippen molar-refractivity contribution in [3.8, 4) is 5.69 Å². The summed E-state index contributed by atoms with van der Waals surface area (Å²) in [4.78, 5) is 0. The van der Waals surface area contributed by atoms with E-state index in [9.17, 15) is 0 Å². The molecule has 0 aliphatic rings. The van der Waals surface area contributed by atoms with Crippen LogP contribution in [0, 0.1) is 6.92 Å². The van der Waals surface area contributed by atoms with E-state index >= 15 is 0 Å². The number of nitrogens with two attached hydrogens (primary N) is 1. The van der Waals surface area contributed by atoms with Crippen molar-refractivity contribution in [1.29, 1.82) is 0 Å². The minimum atomic E-state index is -0.0976. The SMILES string of the molecule is Cc1cccc(-n2nnnc2SC(CN)CO)c1. The van der Waals surface area contributed by atoms with E-state index in [4.69, 9.17) is 10.8 Å². The highest BCUT2D eigenvalue weighted by molar-refractivity contribution is 7.99. The molecule has 0 bridgehead atoms. The van der Waals surface area contributed by atoms with Crippen LogP contribution >= 0.6 is 11.8 Å². The molecule has 2 aromatic rings. The van der Waals surface area contributed by atoms with Gasteiger partial charge in [0, 0.05) is 11.8 Å². The van der Waals surface area contributed by atoms with Crippen molar-refractivity contribution in [3.63, 3.8) is 0 Å². The van der Waals surface area contributed by atoms with E-state index in [1.54, 1.807) is 4.68 Å². The first-order valence-electron chi connectivity index (χ1n) is 5.57. The summed E-state index contributed by atoms with van der Waals surface area (Å²) in [5.41, 5.74) is 7.59. The van der Waals surface area contributed by atoms with Gasteiger partial charge in [-0.25, -0.2) is 0 Å². The average Bonchev–Trinajstić information content (AvgIpc) is 2.84. The Bertz CT molecular complexity index is 512. The summed E-state index contributed by atoms with van der Waals surface area (Å²) in [6.07, 6.45) is 0. The summed E-state index contributed by atoms with van der Waals surface area (Å²) in [7, 11) is 0. The number of nitrogens with zero attached hydrogens (tertiary/aromatic N) is 4. The number of hydrogen-bond acceptors (Lipinski definition) is 6. The predicted octanol–water partition coefficient (Wildman–Crippen LogP) is 0.382. The maximum Gasteiger partial charge on any atom is 0.214 e. The number of rotatable bonds is 5. The van der Waals surface area contributed by atoms with Gasteiger partial charge in [-0.05, 0) is 35.0 Å². The molecule has 0 saturated carbocycles. The smallest absolute Gasteiger partial charge is 0.214 e. The second-order valence-corrected chi connectivity index (χ2v) is 5.14. The Kier molecular flexibility index (Phi) is 4.29. The molecule has 3 N–H and O–H groups in total. The second-order valence-electron chi connectivity index (χ2n) is 3.87. The molecule has 0 amide bonds. The van der Waals surface area contributed by atoms with Gasteiger partial charge in [0.15, 0.2) is 0 Å². The zero-order valence-corrected chi connectivity index (χ0v) is 10.8. The van der Waals surface area contributed by atoms with E-state index in [0.717, 1.165) is 11.3 Å². The van der Waals surface area contributed by atoms with E-state index < -0.39 is 0 Å².